The van der Waals surface area contributed by atoms with Crippen molar-refractivity contribution < 1.29 is 19.4 Å². The number of thioether (sulfide) groups is 1. The molecule has 1 amide bonds. The van der Waals surface area contributed by atoms with Gasteiger partial charge in [0.25, 0.3) is 0 Å². The Labute approximate surface area is 129 Å². The molecule has 1 aromatic rings. The lowest BCUT2D eigenvalue weighted by molar-refractivity contribution is -0.137. The molecule has 0 fully saturated rings. The van der Waals surface area contributed by atoms with Crippen LogP contribution in [0.5, 0.6) is 5.75 Å². The Morgan fingerprint density at radius 3 is 2.43 bits per heavy atom. The topological polar surface area (TPSA) is 75.6 Å². The number of rotatable bonds is 8. The van der Waals surface area contributed by atoms with Crippen molar-refractivity contribution >= 4 is 23.6 Å². The van der Waals surface area contributed by atoms with Gasteiger partial charge in [-0.2, -0.15) is 0 Å². The van der Waals surface area contributed by atoms with Gasteiger partial charge < -0.3 is 15.2 Å². The number of methoxy groups -OCH3 is 1. The van der Waals surface area contributed by atoms with Gasteiger partial charge in [0.2, 0.25) is 5.91 Å². The molecule has 6 heteroatoms. The molecule has 2 N–H and O–H groups in total. The van der Waals surface area contributed by atoms with Crippen molar-refractivity contribution in [3.05, 3.63) is 24.3 Å². The van der Waals surface area contributed by atoms with E-state index in [-0.39, 0.29) is 12.3 Å². The van der Waals surface area contributed by atoms with Crippen molar-refractivity contribution in [3.63, 3.8) is 0 Å². The number of hydrogen-bond acceptors (Lipinski definition) is 4. The van der Waals surface area contributed by atoms with Crippen LogP contribution in [0.25, 0.3) is 0 Å². The van der Waals surface area contributed by atoms with Crippen LogP contribution in [0.2, 0.25) is 0 Å². The van der Waals surface area contributed by atoms with Crippen LogP contribution in [-0.4, -0.2) is 35.4 Å². The van der Waals surface area contributed by atoms with E-state index < -0.39 is 11.5 Å². The lowest BCUT2D eigenvalue weighted by Crippen LogP contribution is -2.44. The molecule has 0 bridgehead atoms. The highest BCUT2D eigenvalue weighted by Gasteiger charge is 2.21. The van der Waals surface area contributed by atoms with Gasteiger partial charge in [-0.3, -0.25) is 9.59 Å². The third kappa shape index (κ3) is 7.04. The number of ether oxygens (including phenoxy) is 1. The third-order valence-corrected chi connectivity index (χ3v) is 3.88. The molecular formula is C15H21NO4S. The van der Waals surface area contributed by atoms with Gasteiger partial charge >= 0.3 is 5.97 Å². The zero-order valence-corrected chi connectivity index (χ0v) is 13.3. The lowest BCUT2D eigenvalue weighted by atomic mass is 9.98. The second kappa shape index (κ2) is 7.93. The predicted molar refractivity (Wildman–Crippen MR) is 82.8 cm³/mol. The normalized spacial score (nSPS) is 11.0. The summed E-state index contributed by atoms with van der Waals surface area (Å²) in [6, 6.07) is 7.48. The van der Waals surface area contributed by atoms with Crippen LogP contribution < -0.4 is 10.1 Å². The second-order valence-corrected chi connectivity index (χ2v) is 6.34. The van der Waals surface area contributed by atoms with E-state index in [9.17, 15) is 9.59 Å². The molecule has 0 spiro atoms. The average molecular weight is 311 g/mol. The number of amides is 1. The van der Waals surface area contributed by atoms with Crippen LogP contribution in [0.4, 0.5) is 0 Å². The molecule has 1 rings (SSSR count). The van der Waals surface area contributed by atoms with Crippen LogP contribution >= 0.6 is 11.8 Å². The van der Waals surface area contributed by atoms with E-state index in [0.29, 0.717) is 12.2 Å². The molecule has 0 saturated heterocycles. The molecule has 5 nitrogen and oxygen atoms in total. The first-order valence-electron chi connectivity index (χ1n) is 6.62. The van der Waals surface area contributed by atoms with E-state index in [1.807, 2.05) is 38.1 Å². The van der Waals surface area contributed by atoms with Gasteiger partial charge in [0.1, 0.15) is 5.75 Å². The smallest absolute Gasteiger partial charge is 0.303 e. The van der Waals surface area contributed by atoms with Crippen LogP contribution in [0, 0.1) is 0 Å². The van der Waals surface area contributed by atoms with E-state index >= 15 is 0 Å². The molecule has 0 aliphatic rings. The van der Waals surface area contributed by atoms with Gasteiger partial charge in [-0.15, -0.1) is 11.8 Å². The van der Waals surface area contributed by atoms with Crippen LogP contribution in [-0.2, 0) is 9.59 Å². The fraction of sp³-hybridized carbons (Fsp3) is 0.467. The summed E-state index contributed by atoms with van der Waals surface area (Å²) < 4.78 is 5.07. The number of hydrogen-bond donors (Lipinski definition) is 2. The Morgan fingerprint density at radius 2 is 1.90 bits per heavy atom. The molecular weight excluding hydrogens is 290 g/mol. The van der Waals surface area contributed by atoms with Gasteiger partial charge in [-0.05, 0) is 44.5 Å². The molecule has 0 saturated carbocycles. The maximum atomic E-state index is 11.9. The third-order valence-electron chi connectivity index (χ3n) is 2.87. The Kier molecular flexibility index (Phi) is 6.55. The number of aliphatic carboxylic acids is 1. The minimum atomic E-state index is -0.857. The minimum absolute atomic E-state index is 0.0406. The van der Waals surface area contributed by atoms with E-state index in [1.54, 1.807) is 7.11 Å². The summed E-state index contributed by atoms with van der Waals surface area (Å²) in [7, 11) is 1.61. The molecule has 0 aromatic heterocycles. The van der Waals surface area contributed by atoms with E-state index in [4.69, 9.17) is 9.84 Å². The van der Waals surface area contributed by atoms with Crippen LogP contribution in [0.3, 0.4) is 0 Å². The molecule has 21 heavy (non-hydrogen) atoms. The highest BCUT2D eigenvalue weighted by Crippen LogP contribution is 2.21. The van der Waals surface area contributed by atoms with Gasteiger partial charge in [-0.1, -0.05) is 0 Å². The number of carboxylic acids is 1. The van der Waals surface area contributed by atoms with Gasteiger partial charge in [0, 0.05) is 16.9 Å². The number of carbonyl (C=O) groups excluding carboxylic acids is 1. The summed E-state index contributed by atoms with van der Waals surface area (Å²) >= 11 is 1.43. The Hall–Kier alpha value is -1.69. The zero-order chi connectivity index (χ0) is 15.9. The molecule has 0 heterocycles. The number of benzene rings is 1. The Bertz CT molecular complexity index is 485. The summed E-state index contributed by atoms with van der Waals surface area (Å²) in [6.45, 7) is 3.65. The van der Waals surface area contributed by atoms with Gasteiger partial charge in [0.15, 0.2) is 0 Å². The zero-order valence-electron chi connectivity index (χ0n) is 12.5. The summed E-state index contributed by atoms with van der Waals surface area (Å²) in [5, 5.41) is 11.5. The molecule has 1 aromatic carbocycles. The average Bonchev–Trinajstić information content (AvgIpc) is 2.43. The highest BCUT2D eigenvalue weighted by molar-refractivity contribution is 8.00. The predicted octanol–water partition coefficient (Wildman–Crippen LogP) is 2.55. The summed E-state index contributed by atoms with van der Waals surface area (Å²) in [6.07, 6.45) is 0.445. The molecule has 0 radical (unpaired) electrons. The monoisotopic (exact) mass is 311 g/mol. The SMILES string of the molecule is COc1ccc(SCC(=O)NC(C)(C)CCC(=O)O)cc1. The van der Waals surface area contributed by atoms with Crippen molar-refractivity contribution in [1.29, 1.82) is 0 Å². The lowest BCUT2D eigenvalue weighted by Gasteiger charge is -2.25. The van der Waals surface area contributed by atoms with E-state index in [1.165, 1.54) is 11.8 Å². The number of carboxylic acid groups (broad SMARTS) is 1. The van der Waals surface area contributed by atoms with Crippen molar-refractivity contribution in [2.45, 2.75) is 37.1 Å². The summed E-state index contributed by atoms with van der Waals surface area (Å²) in [5.74, 6) is 0.109. The molecule has 0 aliphatic carbocycles. The molecule has 0 aliphatic heterocycles. The summed E-state index contributed by atoms with van der Waals surface area (Å²) in [5.41, 5.74) is -0.518. The molecule has 116 valence electrons. The van der Waals surface area contributed by atoms with Crippen LogP contribution in [0.15, 0.2) is 29.2 Å². The quantitative estimate of drug-likeness (QED) is 0.722. The fourth-order valence-electron chi connectivity index (χ4n) is 1.72. The maximum absolute atomic E-state index is 11.9. The fourth-order valence-corrected chi connectivity index (χ4v) is 2.41. The van der Waals surface area contributed by atoms with E-state index in [0.717, 1.165) is 10.6 Å². The minimum Gasteiger partial charge on any atom is -0.497 e. The van der Waals surface area contributed by atoms with Crippen molar-refractivity contribution in [3.8, 4) is 5.75 Å². The highest BCUT2D eigenvalue weighted by atomic mass is 32.2. The molecule has 0 unspecified atom stereocenters. The number of carbonyl (C=O) groups is 2. The standard InChI is InChI=1S/C15H21NO4S/c1-15(2,9-8-14(18)19)16-13(17)10-21-12-6-4-11(20-3)5-7-12/h4-7H,8-10H2,1-3H3,(H,16,17)(H,18,19). The number of nitrogens with one attached hydrogen (secondary N) is 1. The Morgan fingerprint density at radius 1 is 1.29 bits per heavy atom. The first kappa shape index (κ1) is 17.4. The largest absolute Gasteiger partial charge is 0.497 e. The maximum Gasteiger partial charge on any atom is 0.303 e. The van der Waals surface area contributed by atoms with Crippen molar-refractivity contribution in [1.82, 2.24) is 5.32 Å². The first-order valence-corrected chi connectivity index (χ1v) is 7.60. The van der Waals surface area contributed by atoms with Crippen molar-refractivity contribution in [2.24, 2.45) is 0 Å². The van der Waals surface area contributed by atoms with Crippen molar-refractivity contribution in [2.75, 3.05) is 12.9 Å². The Balaban J connectivity index is 2.40. The first-order chi connectivity index (χ1) is 9.82. The van der Waals surface area contributed by atoms with Gasteiger partial charge in [0.05, 0.1) is 12.9 Å². The van der Waals surface area contributed by atoms with Crippen LogP contribution in [0.1, 0.15) is 26.7 Å². The summed E-state index contributed by atoms with van der Waals surface area (Å²) in [4.78, 5) is 23.4. The molecule has 0 atom stereocenters. The van der Waals surface area contributed by atoms with E-state index in [2.05, 4.69) is 5.32 Å². The second-order valence-electron chi connectivity index (χ2n) is 5.29. The van der Waals surface area contributed by atoms with Gasteiger partial charge in [-0.25, -0.2) is 0 Å².